The van der Waals surface area contributed by atoms with Gasteiger partial charge in [-0.2, -0.15) is 0 Å². The smallest absolute Gasteiger partial charge is 0.160 e. The molecule has 268 valence electrons. The van der Waals surface area contributed by atoms with E-state index in [0.717, 1.165) is 44.7 Å². The molecule has 12 rings (SSSR count). The molecule has 1 aliphatic carbocycles. The van der Waals surface area contributed by atoms with Gasteiger partial charge in [-0.25, -0.2) is 19.9 Å². The van der Waals surface area contributed by atoms with Crippen LogP contribution < -0.4 is 0 Å². The highest BCUT2D eigenvalue weighted by Gasteiger charge is 2.22. The highest BCUT2D eigenvalue weighted by atomic mass is 32.1. The Morgan fingerprint density at radius 2 is 1.16 bits per heavy atom. The lowest BCUT2D eigenvalue weighted by atomic mass is 9.93. The summed E-state index contributed by atoms with van der Waals surface area (Å²) in [5, 5.41) is 5.76. The number of hydrogen-bond acceptors (Lipinski definition) is 6. The molecule has 0 amide bonds. The predicted octanol–water partition coefficient (Wildman–Crippen LogP) is 13.6. The minimum Gasteiger partial charge on any atom is -0.313 e. The number of fused-ring (bicyclic) bond motifs is 9. The van der Waals surface area contributed by atoms with Crippen LogP contribution in [0.25, 0.3) is 109 Å². The number of benzene rings is 6. The standard InChI is InChI=1S/C50H31N5S2/c1-3-9-30(10-4-1)32-15-19-44-38(23-32)39-24-33(37-14-8-7-13-36(37)31-11-5-2-6-12-31)16-20-45(39)55(44)35-18-22-47-41(26-35)40-25-34(17-21-46(40)56-47)48-52-28-43-42-27-51-29-53-49(42)57-50(43)54-48/h1-17,19-21,23-29H,18,22H2. The van der Waals surface area contributed by atoms with Crippen LogP contribution in [0.15, 0.2) is 158 Å². The molecule has 5 nitrogen and oxygen atoms in total. The van der Waals surface area contributed by atoms with Gasteiger partial charge < -0.3 is 4.57 Å². The molecule has 0 saturated heterocycles. The van der Waals surface area contributed by atoms with E-state index in [1.54, 1.807) is 17.7 Å². The molecule has 0 N–H and O–H groups in total. The SMILES string of the molecule is C1=C(n2c3ccc(-c4ccccc4)cc3c3cc(-c4ccccc4-c4ccccc4)ccc32)CCc2sc3ccc(-c4ncc5c(n4)sc4ncncc45)cc3c21. The van der Waals surface area contributed by atoms with Gasteiger partial charge in [0.15, 0.2) is 5.82 Å². The molecule has 11 aromatic rings. The molecule has 6 aromatic carbocycles. The third-order valence-electron chi connectivity index (χ3n) is 11.4. The average Bonchev–Trinajstić information content (AvgIpc) is 3.95. The molecule has 0 spiro atoms. The van der Waals surface area contributed by atoms with E-state index >= 15 is 0 Å². The van der Waals surface area contributed by atoms with Crippen molar-refractivity contribution in [1.82, 2.24) is 24.5 Å². The second-order valence-corrected chi connectivity index (χ2v) is 16.7. The minimum atomic E-state index is 0.727. The first-order chi connectivity index (χ1) is 28.2. The first-order valence-electron chi connectivity index (χ1n) is 19.1. The molecule has 57 heavy (non-hydrogen) atoms. The van der Waals surface area contributed by atoms with Crippen LogP contribution in [0.1, 0.15) is 16.9 Å². The molecule has 5 heterocycles. The molecule has 7 heteroatoms. The maximum absolute atomic E-state index is 5.01. The molecule has 0 unspecified atom stereocenters. The van der Waals surface area contributed by atoms with E-state index in [9.17, 15) is 0 Å². The second-order valence-electron chi connectivity index (χ2n) is 14.6. The van der Waals surface area contributed by atoms with Crippen LogP contribution in [-0.4, -0.2) is 24.5 Å². The molecule has 0 radical (unpaired) electrons. The van der Waals surface area contributed by atoms with Crippen molar-refractivity contribution in [2.75, 3.05) is 0 Å². The van der Waals surface area contributed by atoms with Crippen LogP contribution in [0, 0.1) is 0 Å². The van der Waals surface area contributed by atoms with Crippen LogP contribution >= 0.6 is 22.7 Å². The Morgan fingerprint density at radius 3 is 1.96 bits per heavy atom. The van der Waals surface area contributed by atoms with Crippen molar-refractivity contribution in [3.63, 3.8) is 0 Å². The monoisotopic (exact) mass is 765 g/mol. The number of nitrogens with zero attached hydrogens (tertiary/aromatic N) is 5. The molecule has 0 bridgehead atoms. The van der Waals surface area contributed by atoms with Crippen molar-refractivity contribution in [3.05, 3.63) is 169 Å². The van der Waals surface area contributed by atoms with Crippen molar-refractivity contribution >= 4 is 86.8 Å². The van der Waals surface area contributed by atoms with Gasteiger partial charge in [-0.3, -0.25) is 0 Å². The number of thiophene rings is 2. The normalized spacial score (nSPS) is 12.9. The summed E-state index contributed by atoms with van der Waals surface area (Å²) < 4.78 is 3.81. The average molecular weight is 766 g/mol. The van der Waals surface area contributed by atoms with E-state index in [0.29, 0.717) is 0 Å². The van der Waals surface area contributed by atoms with Crippen LogP contribution in [0.3, 0.4) is 0 Å². The number of aromatic nitrogens is 5. The van der Waals surface area contributed by atoms with E-state index < -0.39 is 0 Å². The number of allylic oxidation sites excluding steroid dienone is 1. The first-order valence-corrected chi connectivity index (χ1v) is 20.8. The van der Waals surface area contributed by atoms with Crippen LogP contribution in [0.2, 0.25) is 0 Å². The van der Waals surface area contributed by atoms with Crippen molar-refractivity contribution in [1.29, 1.82) is 0 Å². The van der Waals surface area contributed by atoms with Gasteiger partial charge in [0, 0.05) is 60.2 Å². The summed E-state index contributed by atoms with van der Waals surface area (Å²) in [5.41, 5.74) is 13.4. The summed E-state index contributed by atoms with van der Waals surface area (Å²) in [4.78, 5) is 21.8. The Morgan fingerprint density at radius 1 is 0.491 bits per heavy atom. The molecule has 0 aliphatic heterocycles. The lowest BCUT2D eigenvalue weighted by Crippen LogP contribution is -2.03. The molecule has 0 fully saturated rings. The van der Waals surface area contributed by atoms with Crippen molar-refractivity contribution in [3.8, 4) is 44.8 Å². The number of hydrogen-bond donors (Lipinski definition) is 0. The predicted molar refractivity (Wildman–Crippen MR) is 240 cm³/mol. The third-order valence-corrected chi connectivity index (χ3v) is 13.6. The topological polar surface area (TPSA) is 56.5 Å². The summed E-state index contributed by atoms with van der Waals surface area (Å²) in [6.07, 6.45) is 9.75. The van der Waals surface area contributed by atoms with Gasteiger partial charge in [0.2, 0.25) is 0 Å². The van der Waals surface area contributed by atoms with E-state index in [-0.39, 0.29) is 0 Å². The number of aryl methyl sites for hydroxylation is 1. The van der Waals surface area contributed by atoms with Gasteiger partial charge in [-0.05, 0) is 100 Å². The zero-order valence-corrected chi connectivity index (χ0v) is 32.2. The fraction of sp³-hybridized carbons (Fsp3) is 0.0400. The largest absolute Gasteiger partial charge is 0.313 e. The third kappa shape index (κ3) is 5.27. The fourth-order valence-corrected chi connectivity index (χ4v) is 10.8. The summed E-state index contributed by atoms with van der Waals surface area (Å²) in [5.74, 6) is 0.727. The maximum atomic E-state index is 5.01. The van der Waals surface area contributed by atoms with Crippen LogP contribution in [0.4, 0.5) is 0 Å². The summed E-state index contributed by atoms with van der Waals surface area (Å²) in [6.45, 7) is 0. The minimum absolute atomic E-state index is 0.727. The van der Waals surface area contributed by atoms with Gasteiger partial charge >= 0.3 is 0 Å². The van der Waals surface area contributed by atoms with E-state index in [1.165, 1.54) is 81.4 Å². The Balaban J connectivity index is 1.02. The highest BCUT2D eigenvalue weighted by molar-refractivity contribution is 7.25. The maximum Gasteiger partial charge on any atom is 0.160 e. The Bertz CT molecular complexity index is 3410. The quantitative estimate of drug-likeness (QED) is 0.175. The van der Waals surface area contributed by atoms with Gasteiger partial charge in [0.25, 0.3) is 0 Å². The lowest BCUT2D eigenvalue weighted by molar-refractivity contribution is 0.968. The Kier molecular flexibility index (Phi) is 7.33. The first kappa shape index (κ1) is 32.4. The molecule has 0 saturated carbocycles. The summed E-state index contributed by atoms with van der Waals surface area (Å²) >= 11 is 3.49. The van der Waals surface area contributed by atoms with Crippen LogP contribution in [0.5, 0.6) is 0 Å². The molecular weight excluding hydrogens is 735 g/mol. The second kappa shape index (κ2) is 12.9. The van der Waals surface area contributed by atoms with Gasteiger partial charge in [-0.15, -0.1) is 11.3 Å². The van der Waals surface area contributed by atoms with Crippen molar-refractivity contribution in [2.24, 2.45) is 0 Å². The molecule has 1 aliphatic rings. The van der Waals surface area contributed by atoms with Crippen LogP contribution in [-0.2, 0) is 6.42 Å². The van der Waals surface area contributed by atoms with Gasteiger partial charge in [-0.1, -0.05) is 108 Å². The number of rotatable bonds is 5. The van der Waals surface area contributed by atoms with Crippen molar-refractivity contribution < 1.29 is 0 Å². The van der Waals surface area contributed by atoms with E-state index in [4.69, 9.17) is 9.97 Å². The van der Waals surface area contributed by atoms with Gasteiger partial charge in [0.05, 0.1) is 11.0 Å². The van der Waals surface area contributed by atoms with E-state index in [2.05, 4.69) is 160 Å². The summed E-state index contributed by atoms with van der Waals surface area (Å²) in [7, 11) is 0. The lowest BCUT2D eigenvalue weighted by Gasteiger charge is -2.18. The zero-order valence-electron chi connectivity index (χ0n) is 30.6. The summed E-state index contributed by atoms with van der Waals surface area (Å²) in [6, 6.07) is 50.9. The molecule has 0 atom stereocenters. The van der Waals surface area contributed by atoms with Crippen molar-refractivity contribution in [2.45, 2.75) is 12.8 Å². The molecule has 5 aromatic heterocycles. The fourth-order valence-electron chi connectivity index (χ4n) is 8.67. The zero-order chi connectivity index (χ0) is 37.5. The Labute approximate surface area is 335 Å². The van der Waals surface area contributed by atoms with E-state index in [1.807, 2.05) is 23.7 Å². The highest BCUT2D eigenvalue weighted by Crippen LogP contribution is 2.44. The van der Waals surface area contributed by atoms with Gasteiger partial charge in [0.1, 0.15) is 16.0 Å². The molecular formula is C50H31N5S2. The Hall–Kier alpha value is -6.80.